The normalized spacial score (nSPS) is 29.1. The molecule has 1 saturated carbocycles. The molecule has 0 aromatic heterocycles. The predicted molar refractivity (Wildman–Crippen MR) is 39.7 cm³/mol. The molecule has 60 valence electrons. The zero-order valence-corrected chi connectivity index (χ0v) is 7.18. The lowest BCUT2D eigenvalue weighted by Gasteiger charge is -2.14. The third-order valence-corrected chi connectivity index (χ3v) is 2.38. The average Bonchev–Trinajstić information content (AvgIpc) is 2.44. The van der Waals surface area contributed by atoms with Crippen LogP contribution in [0, 0.1) is 11.3 Å². The first-order chi connectivity index (χ1) is 4.61. The highest BCUT2D eigenvalue weighted by Crippen LogP contribution is 2.54. The van der Waals surface area contributed by atoms with E-state index in [1.165, 1.54) is 6.42 Å². The van der Waals surface area contributed by atoms with Gasteiger partial charge in [0.1, 0.15) is 0 Å². The molecule has 0 heterocycles. The summed E-state index contributed by atoms with van der Waals surface area (Å²) in [5.74, 6) is 0.600. The van der Waals surface area contributed by atoms with Crippen molar-refractivity contribution in [3.8, 4) is 0 Å². The molecule has 1 fully saturated rings. The quantitative estimate of drug-likeness (QED) is 0.561. The van der Waals surface area contributed by atoms with Gasteiger partial charge in [0.2, 0.25) is 0 Å². The Morgan fingerprint density at radius 3 is 1.80 bits per heavy atom. The first kappa shape index (κ1) is 8.02. The monoisotopic (exact) mass is 144 g/mol. The molecule has 10 heavy (non-hydrogen) atoms. The maximum Gasteiger partial charge on any atom is 0.160 e. The number of ether oxygens (including phenoxy) is 2. The standard InChI is InChI=1S/C8H16O2/c1-8(2)5-6(8)7(9-3)10-4/h6-7H,5H2,1-4H3. The lowest BCUT2D eigenvalue weighted by molar-refractivity contribution is -0.121. The molecule has 1 aliphatic carbocycles. The molecule has 1 rings (SSSR count). The topological polar surface area (TPSA) is 18.5 Å². The molecule has 0 bridgehead atoms. The van der Waals surface area contributed by atoms with Crippen LogP contribution in [0.15, 0.2) is 0 Å². The van der Waals surface area contributed by atoms with Crippen molar-refractivity contribution in [3.63, 3.8) is 0 Å². The SMILES string of the molecule is COC(OC)C1CC1(C)C. The van der Waals surface area contributed by atoms with E-state index in [9.17, 15) is 0 Å². The Labute approximate surface area is 62.5 Å². The van der Waals surface area contributed by atoms with Gasteiger partial charge in [0.15, 0.2) is 6.29 Å². The van der Waals surface area contributed by atoms with Crippen molar-refractivity contribution < 1.29 is 9.47 Å². The van der Waals surface area contributed by atoms with Crippen molar-refractivity contribution in [3.05, 3.63) is 0 Å². The summed E-state index contributed by atoms with van der Waals surface area (Å²) < 4.78 is 10.3. The van der Waals surface area contributed by atoms with Gasteiger partial charge in [-0.05, 0) is 11.8 Å². The fraction of sp³-hybridized carbons (Fsp3) is 1.00. The minimum atomic E-state index is 0.00926. The van der Waals surface area contributed by atoms with Crippen LogP contribution >= 0.6 is 0 Å². The maximum absolute atomic E-state index is 5.14. The van der Waals surface area contributed by atoms with Crippen molar-refractivity contribution in [1.29, 1.82) is 0 Å². The molecule has 0 saturated heterocycles. The van der Waals surface area contributed by atoms with Gasteiger partial charge in [-0.3, -0.25) is 0 Å². The van der Waals surface area contributed by atoms with Crippen LogP contribution < -0.4 is 0 Å². The van der Waals surface area contributed by atoms with Crippen molar-refractivity contribution in [2.24, 2.45) is 11.3 Å². The van der Waals surface area contributed by atoms with Crippen LogP contribution in [0.1, 0.15) is 20.3 Å². The third kappa shape index (κ3) is 1.32. The Kier molecular flexibility index (Phi) is 2.02. The highest BCUT2D eigenvalue weighted by molar-refractivity contribution is 4.96. The molecular weight excluding hydrogens is 128 g/mol. The number of rotatable bonds is 3. The summed E-state index contributed by atoms with van der Waals surface area (Å²) >= 11 is 0. The van der Waals surface area contributed by atoms with Gasteiger partial charge in [-0.15, -0.1) is 0 Å². The minimum Gasteiger partial charge on any atom is -0.356 e. The lowest BCUT2D eigenvalue weighted by Crippen LogP contribution is -2.18. The molecule has 1 atom stereocenters. The zero-order chi connectivity index (χ0) is 7.78. The number of hydrogen-bond acceptors (Lipinski definition) is 2. The van der Waals surface area contributed by atoms with Crippen LogP contribution in [0.25, 0.3) is 0 Å². The van der Waals surface area contributed by atoms with Gasteiger partial charge in [-0.1, -0.05) is 13.8 Å². The summed E-state index contributed by atoms with van der Waals surface area (Å²) in [5, 5.41) is 0. The number of hydrogen-bond donors (Lipinski definition) is 0. The third-order valence-electron chi connectivity index (χ3n) is 2.38. The number of methoxy groups -OCH3 is 2. The first-order valence-electron chi connectivity index (χ1n) is 3.67. The largest absolute Gasteiger partial charge is 0.356 e. The van der Waals surface area contributed by atoms with Gasteiger partial charge in [0, 0.05) is 20.1 Å². The van der Waals surface area contributed by atoms with E-state index in [1.807, 2.05) is 0 Å². The molecule has 1 aliphatic rings. The zero-order valence-electron chi connectivity index (χ0n) is 7.18. The summed E-state index contributed by atoms with van der Waals surface area (Å²) in [7, 11) is 3.39. The Morgan fingerprint density at radius 1 is 1.30 bits per heavy atom. The molecule has 0 spiro atoms. The van der Waals surface area contributed by atoms with E-state index in [0.29, 0.717) is 11.3 Å². The van der Waals surface area contributed by atoms with E-state index in [0.717, 1.165) is 0 Å². The summed E-state index contributed by atoms with van der Waals surface area (Å²) in [6.45, 7) is 4.48. The van der Waals surface area contributed by atoms with E-state index in [4.69, 9.17) is 9.47 Å². The van der Waals surface area contributed by atoms with E-state index < -0.39 is 0 Å². The average molecular weight is 144 g/mol. The van der Waals surface area contributed by atoms with E-state index in [1.54, 1.807) is 14.2 Å². The van der Waals surface area contributed by atoms with Gasteiger partial charge in [-0.2, -0.15) is 0 Å². The summed E-state index contributed by atoms with van der Waals surface area (Å²) in [4.78, 5) is 0. The summed E-state index contributed by atoms with van der Waals surface area (Å²) in [6.07, 6.45) is 1.23. The lowest BCUT2D eigenvalue weighted by atomic mass is 10.1. The Balaban J connectivity index is 2.36. The van der Waals surface area contributed by atoms with Crippen LogP contribution in [0.4, 0.5) is 0 Å². The molecular formula is C8H16O2. The van der Waals surface area contributed by atoms with Crippen molar-refractivity contribution in [2.75, 3.05) is 14.2 Å². The summed E-state index contributed by atoms with van der Waals surface area (Å²) in [5.41, 5.74) is 0.441. The van der Waals surface area contributed by atoms with Crippen LogP contribution in [0.2, 0.25) is 0 Å². The van der Waals surface area contributed by atoms with Crippen molar-refractivity contribution in [1.82, 2.24) is 0 Å². The molecule has 0 radical (unpaired) electrons. The molecule has 0 N–H and O–H groups in total. The van der Waals surface area contributed by atoms with Gasteiger partial charge >= 0.3 is 0 Å². The van der Waals surface area contributed by atoms with Gasteiger partial charge in [0.05, 0.1) is 0 Å². The second-order valence-corrected chi connectivity index (χ2v) is 3.64. The molecule has 2 nitrogen and oxygen atoms in total. The van der Waals surface area contributed by atoms with E-state index in [2.05, 4.69) is 13.8 Å². The first-order valence-corrected chi connectivity index (χ1v) is 3.67. The van der Waals surface area contributed by atoms with Crippen LogP contribution in [0.5, 0.6) is 0 Å². The minimum absolute atomic E-state index is 0.00926. The van der Waals surface area contributed by atoms with Gasteiger partial charge < -0.3 is 9.47 Å². The predicted octanol–water partition coefficient (Wildman–Crippen LogP) is 1.65. The van der Waals surface area contributed by atoms with E-state index >= 15 is 0 Å². The highest BCUT2D eigenvalue weighted by Gasteiger charge is 2.50. The van der Waals surface area contributed by atoms with Gasteiger partial charge in [-0.25, -0.2) is 0 Å². The van der Waals surface area contributed by atoms with Crippen LogP contribution in [0.3, 0.4) is 0 Å². The Morgan fingerprint density at radius 2 is 1.70 bits per heavy atom. The molecule has 0 amide bonds. The van der Waals surface area contributed by atoms with E-state index in [-0.39, 0.29) is 6.29 Å². The second kappa shape index (κ2) is 2.51. The van der Waals surface area contributed by atoms with Crippen molar-refractivity contribution in [2.45, 2.75) is 26.6 Å². The summed E-state index contributed by atoms with van der Waals surface area (Å²) in [6, 6.07) is 0. The Hall–Kier alpha value is -0.0800. The van der Waals surface area contributed by atoms with Crippen LogP contribution in [-0.2, 0) is 9.47 Å². The van der Waals surface area contributed by atoms with Crippen molar-refractivity contribution >= 4 is 0 Å². The fourth-order valence-electron chi connectivity index (χ4n) is 1.40. The van der Waals surface area contributed by atoms with Crippen LogP contribution in [-0.4, -0.2) is 20.5 Å². The Bertz CT molecular complexity index is 116. The second-order valence-electron chi connectivity index (χ2n) is 3.64. The molecule has 0 aromatic rings. The molecule has 0 aliphatic heterocycles. The molecule has 2 heteroatoms. The highest BCUT2D eigenvalue weighted by atomic mass is 16.7. The molecule has 1 unspecified atom stereocenters. The smallest absolute Gasteiger partial charge is 0.160 e. The molecule has 0 aromatic carbocycles. The van der Waals surface area contributed by atoms with Gasteiger partial charge in [0.25, 0.3) is 0 Å². The fourth-order valence-corrected chi connectivity index (χ4v) is 1.40. The maximum atomic E-state index is 5.14.